The topological polar surface area (TPSA) is 68.5 Å². The van der Waals surface area contributed by atoms with Crippen LogP contribution in [-0.2, 0) is 27.6 Å². The van der Waals surface area contributed by atoms with Crippen LogP contribution in [0.25, 0.3) is 10.2 Å². The molecular formula is C20H21ClN2O3S2. The van der Waals surface area contributed by atoms with Crippen LogP contribution >= 0.6 is 22.9 Å². The molecule has 0 N–H and O–H groups in total. The molecule has 2 aromatic carbocycles. The van der Waals surface area contributed by atoms with E-state index in [0.29, 0.717) is 16.4 Å². The molecule has 0 radical (unpaired) electrons. The average molecular weight is 437 g/mol. The van der Waals surface area contributed by atoms with Gasteiger partial charge in [0, 0.05) is 11.6 Å². The first-order valence-corrected chi connectivity index (χ1v) is 11.9. The van der Waals surface area contributed by atoms with Gasteiger partial charge in [-0.25, -0.2) is 8.42 Å². The molecule has 0 fully saturated rings. The number of hydrogen-bond acceptors (Lipinski definition) is 4. The molecule has 0 spiro atoms. The van der Waals surface area contributed by atoms with Crippen molar-refractivity contribution in [3.05, 3.63) is 57.9 Å². The standard InChI is InChI=1S/C20H21ClN2O3S2/c1-3-11-23-17-10-5-14(4-2)12-18(17)27-20(23)22-19(24)13-28(25,26)16-8-6-15(21)7-9-16/h5-10,12H,3-4,11,13H2,1-2H3. The third-order valence-electron chi connectivity index (χ3n) is 4.31. The zero-order valence-corrected chi connectivity index (χ0v) is 18.1. The number of carbonyl (C=O) groups excluding carboxylic acids is 1. The molecule has 0 aliphatic carbocycles. The first kappa shape index (κ1) is 20.8. The molecule has 1 aromatic heterocycles. The summed E-state index contributed by atoms with van der Waals surface area (Å²) in [5, 5.41) is 0.437. The molecule has 5 nitrogen and oxygen atoms in total. The highest BCUT2D eigenvalue weighted by atomic mass is 35.5. The fraction of sp³-hybridized carbons (Fsp3) is 0.300. The van der Waals surface area contributed by atoms with Crippen molar-refractivity contribution in [2.24, 2.45) is 4.99 Å². The van der Waals surface area contributed by atoms with E-state index in [2.05, 4.69) is 24.0 Å². The van der Waals surface area contributed by atoms with Crippen molar-refractivity contribution >= 4 is 48.9 Å². The zero-order chi connectivity index (χ0) is 20.3. The van der Waals surface area contributed by atoms with Crippen molar-refractivity contribution in [3.63, 3.8) is 0 Å². The number of sulfone groups is 1. The molecule has 0 aliphatic heterocycles. The van der Waals surface area contributed by atoms with Gasteiger partial charge in [-0.1, -0.05) is 42.9 Å². The Morgan fingerprint density at radius 2 is 1.86 bits per heavy atom. The molecule has 0 bridgehead atoms. The van der Waals surface area contributed by atoms with E-state index in [1.165, 1.54) is 41.2 Å². The third kappa shape index (κ3) is 4.54. The maximum absolute atomic E-state index is 12.5. The van der Waals surface area contributed by atoms with Crippen LogP contribution in [0, 0.1) is 0 Å². The number of halogens is 1. The summed E-state index contributed by atoms with van der Waals surface area (Å²) in [4.78, 5) is 17.2. The fourth-order valence-corrected chi connectivity index (χ4v) is 5.26. The Hall–Kier alpha value is -1.96. The van der Waals surface area contributed by atoms with E-state index >= 15 is 0 Å². The van der Waals surface area contributed by atoms with Crippen LogP contribution < -0.4 is 4.80 Å². The summed E-state index contributed by atoms with van der Waals surface area (Å²) < 4.78 is 28.0. The minimum absolute atomic E-state index is 0.0609. The van der Waals surface area contributed by atoms with Crippen molar-refractivity contribution in [1.82, 2.24) is 4.57 Å². The lowest BCUT2D eigenvalue weighted by molar-refractivity contribution is -0.115. The molecule has 8 heteroatoms. The average Bonchev–Trinajstić information content (AvgIpc) is 2.98. The lowest BCUT2D eigenvalue weighted by Gasteiger charge is -2.04. The molecule has 0 saturated carbocycles. The molecule has 0 aliphatic rings. The third-order valence-corrected chi connectivity index (χ3v) is 7.22. The van der Waals surface area contributed by atoms with Crippen LogP contribution in [0.1, 0.15) is 25.8 Å². The SMILES string of the molecule is CCCn1c(=NC(=O)CS(=O)(=O)c2ccc(Cl)cc2)sc2cc(CC)ccc21. The second-order valence-electron chi connectivity index (χ2n) is 6.41. The number of hydrogen-bond donors (Lipinski definition) is 0. The smallest absolute Gasteiger partial charge is 0.263 e. The van der Waals surface area contributed by atoms with Crippen LogP contribution in [-0.4, -0.2) is 24.6 Å². The van der Waals surface area contributed by atoms with Crippen LogP contribution in [0.5, 0.6) is 0 Å². The first-order chi connectivity index (χ1) is 13.3. The number of thiazole rings is 1. The van der Waals surface area contributed by atoms with Gasteiger partial charge in [0.2, 0.25) is 0 Å². The maximum atomic E-state index is 12.5. The predicted molar refractivity (Wildman–Crippen MR) is 114 cm³/mol. The van der Waals surface area contributed by atoms with Gasteiger partial charge in [0.1, 0.15) is 5.75 Å². The summed E-state index contributed by atoms with van der Waals surface area (Å²) in [5.41, 5.74) is 2.22. The second kappa shape index (κ2) is 8.59. The number of rotatable bonds is 6. The number of benzene rings is 2. The van der Waals surface area contributed by atoms with Gasteiger partial charge in [0.15, 0.2) is 14.6 Å². The monoisotopic (exact) mass is 436 g/mol. The van der Waals surface area contributed by atoms with Crippen LogP contribution in [0.3, 0.4) is 0 Å². The largest absolute Gasteiger partial charge is 0.316 e. The van der Waals surface area contributed by atoms with E-state index in [4.69, 9.17) is 11.6 Å². The molecule has 0 atom stereocenters. The van der Waals surface area contributed by atoms with Crippen molar-refractivity contribution < 1.29 is 13.2 Å². The van der Waals surface area contributed by atoms with Gasteiger partial charge in [0.25, 0.3) is 5.91 Å². The lowest BCUT2D eigenvalue weighted by Crippen LogP contribution is -2.21. The molecular weight excluding hydrogens is 416 g/mol. The van der Waals surface area contributed by atoms with Crippen LogP contribution in [0.15, 0.2) is 52.4 Å². The Bertz CT molecular complexity index is 1180. The van der Waals surface area contributed by atoms with E-state index < -0.39 is 21.5 Å². The van der Waals surface area contributed by atoms with Gasteiger partial charge < -0.3 is 4.57 Å². The summed E-state index contributed by atoms with van der Waals surface area (Å²) in [6.07, 6.45) is 1.80. The highest BCUT2D eigenvalue weighted by molar-refractivity contribution is 7.92. The Morgan fingerprint density at radius 3 is 2.50 bits per heavy atom. The molecule has 1 amide bonds. The summed E-state index contributed by atoms with van der Waals surface area (Å²) in [6.45, 7) is 4.85. The number of aromatic nitrogens is 1. The number of amides is 1. The van der Waals surface area contributed by atoms with Gasteiger partial charge in [0.05, 0.1) is 15.1 Å². The zero-order valence-electron chi connectivity index (χ0n) is 15.7. The lowest BCUT2D eigenvalue weighted by atomic mass is 10.2. The molecule has 1 heterocycles. The predicted octanol–water partition coefficient (Wildman–Crippen LogP) is 4.23. The normalized spacial score (nSPS) is 12.6. The number of fused-ring (bicyclic) bond motifs is 1. The van der Waals surface area contributed by atoms with Crippen molar-refractivity contribution in [2.45, 2.75) is 38.1 Å². The Labute approximate surface area is 173 Å². The minimum atomic E-state index is -3.77. The van der Waals surface area contributed by atoms with E-state index in [1.807, 2.05) is 17.6 Å². The summed E-state index contributed by atoms with van der Waals surface area (Å²) in [6, 6.07) is 12.0. The van der Waals surface area contributed by atoms with Gasteiger partial charge in [-0.05, 0) is 54.8 Å². The Morgan fingerprint density at radius 1 is 1.14 bits per heavy atom. The molecule has 28 heavy (non-hydrogen) atoms. The second-order valence-corrected chi connectivity index (χ2v) is 9.85. The molecule has 3 aromatic rings. The van der Waals surface area contributed by atoms with Gasteiger partial charge in [-0.15, -0.1) is 0 Å². The van der Waals surface area contributed by atoms with E-state index in [9.17, 15) is 13.2 Å². The van der Waals surface area contributed by atoms with Crippen LogP contribution in [0.2, 0.25) is 5.02 Å². The van der Waals surface area contributed by atoms with Gasteiger partial charge in [-0.2, -0.15) is 4.99 Å². The summed E-state index contributed by atoms with van der Waals surface area (Å²) in [7, 11) is -3.77. The van der Waals surface area contributed by atoms with Crippen molar-refractivity contribution in [2.75, 3.05) is 5.75 Å². The highest BCUT2D eigenvalue weighted by Gasteiger charge is 2.19. The Kier molecular flexibility index (Phi) is 6.37. The van der Waals surface area contributed by atoms with Crippen molar-refractivity contribution in [3.8, 4) is 0 Å². The van der Waals surface area contributed by atoms with E-state index in [-0.39, 0.29) is 4.90 Å². The van der Waals surface area contributed by atoms with E-state index in [1.54, 1.807) is 0 Å². The molecule has 148 valence electrons. The first-order valence-electron chi connectivity index (χ1n) is 9.02. The number of carbonyl (C=O) groups is 1. The summed E-state index contributed by atoms with van der Waals surface area (Å²) >= 11 is 7.21. The molecule has 0 saturated heterocycles. The number of aryl methyl sites for hydroxylation is 2. The summed E-state index contributed by atoms with van der Waals surface area (Å²) in [5.74, 6) is -1.35. The maximum Gasteiger partial charge on any atom is 0.263 e. The molecule has 0 unspecified atom stereocenters. The Balaban J connectivity index is 1.97. The quantitative estimate of drug-likeness (QED) is 0.580. The van der Waals surface area contributed by atoms with Crippen molar-refractivity contribution in [1.29, 1.82) is 0 Å². The minimum Gasteiger partial charge on any atom is -0.316 e. The van der Waals surface area contributed by atoms with Crippen LogP contribution in [0.4, 0.5) is 0 Å². The highest BCUT2D eigenvalue weighted by Crippen LogP contribution is 2.20. The van der Waals surface area contributed by atoms with E-state index in [0.717, 1.165) is 23.1 Å². The van der Waals surface area contributed by atoms with Gasteiger partial charge in [-0.3, -0.25) is 4.79 Å². The molecule has 3 rings (SSSR count). The fourth-order valence-electron chi connectivity index (χ4n) is 2.89. The van der Waals surface area contributed by atoms with Gasteiger partial charge >= 0.3 is 0 Å². The number of nitrogens with zero attached hydrogens (tertiary/aromatic N) is 2.